The van der Waals surface area contributed by atoms with E-state index in [0.717, 1.165) is 4.90 Å². The van der Waals surface area contributed by atoms with Crippen molar-refractivity contribution in [1.82, 2.24) is 15.0 Å². The third-order valence-electron chi connectivity index (χ3n) is 2.99. The Balaban J connectivity index is 1.80. The van der Waals surface area contributed by atoms with Gasteiger partial charge >= 0.3 is 6.03 Å². The number of carbonyl (C=O) groups excluding carboxylic acids is 2. The van der Waals surface area contributed by atoms with Crippen molar-refractivity contribution in [2.24, 2.45) is 0 Å². The standard InChI is InChI=1S/C13H12N4O3/c1-9-14-11(20-15-9)7-17-12(18)8-16(13(17)19)10-5-3-2-4-6-10/h2-6H,7-8H2,1H3. The second-order valence-electron chi connectivity index (χ2n) is 4.42. The number of benzene rings is 1. The largest absolute Gasteiger partial charge is 0.337 e. The fourth-order valence-corrected chi connectivity index (χ4v) is 2.05. The van der Waals surface area contributed by atoms with Crippen molar-refractivity contribution in [3.8, 4) is 0 Å². The van der Waals surface area contributed by atoms with Crippen molar-refractivity contribution >= 4 is 17.6 Å². The Morgan fingerprint density at radius 2 is 2.00 bits per heavy atom. The van der Waals surface area contributed by atoms with Gasteiger partial charge in [0.05, 0.1) is 0 Å². The molecule has 7 heteroatoms. The van der Waals surface area contributed by atoms with E-state index in [-0.39, 0.29) is 30.9 Å². The highest BCUT2D eigenvalue weighted by Crippen LogP contribution is 2.21. The number of imide groups is 1. The number of hydrogen-bond acceptors (Lipinski definition) is 5. The molecule has 1 aromatic heterocycles. The van der Waals surface area contributed by atoms with Gasteiger partial charge in [-0.2, -0.15) is 4.98 Å². The van der Waals surface area contributed by atoms with Crippen LogP contribution in [0.1, 0.15) is 11.7 Å². The van der Waals surface area contributed by atoms with Gasteiger partial charge < -0.3 is 4.52 Å². The fraction of sp³-hybridized carbons (Fsp3) is 0.231. The molecule has 2 heterocycles. The zero-order valence-corrected chi connectivity index (χ0v) is 10.8. The molecule has 0 unspecified atom stereocenters. The molecule has 0 radical (unpaired) electrons. The van der Waals surface area contributed by atoms with Crippen molar-refractivity contribution in [3.05, 3.63) is 42.0 Å². The number of nitrogens with zero attached hydrogens (tertiary/aromatic N) is 4. The Morgan fingerprint density at radius 1 is 1.25 bits per heavy atom. The number of para-hydroxylation sites is 1. The van der Waals surface area contributed by atoms with Crippen LogP contribution in [0.4, 0.5) is 10.5 Å². The summed E-state index contributed by atoms with van der Waals surface area (Å²) in [5, 5.41) is 3.64. The first-order valence-electron chi connectivity index (χ1n) is 6.11. The van der Waals surface area contributed by atoms with E-state index < -0.39 is 0 Å². The van der Waals surface area contributed by atoms with Crippen LogP contribution >= 0.6 is 0 Å². The van der Waals surface area contributed by atoms with Gasteiger partial charge in [-0.1, -0.05) is 23.4 Å². The van der Waals surface area contributed by atoms with Gasteiger partial charge in [-0.3, -0.25) is 14.6 Å². The van der Waals surface area contributed by atoms with E-state index in [2.05, 4.69) is 10.1 Å². The zero-order valence-electron chi connectivity index (χ0n) is 10.8. The second-order valence-corrected chi connectivity index (χ2v) is 4.42. The topological polar surface area (TPSA) is 79.5 Å². The Kier molecular flexibility index (Phi) is 2.94. The third-order valence-corrected chi connectivity index (χ3v) is 2.99. The smallest absolute Gasteiger partial charge is 0.332 e. The van der Waals surface area contributed by atoms with Crippen LogP contribution in [-0.2, 0) is 11.3 Å². The fourth-order valence-electron chi connectivity index (χ4n) is 2.05. The first-order chi connectivity index (χ1) is 9.65. The molecule has 0 atom stereocenters. The molecule has 1 saturated heterocycles. The number of rotatable bonds is 3. The minimum atomic E-state index is -0.378. The number of aryl methyl sites for hydroxylation is 1. The first kappa shape index (κ1) is 12.3. The molecule has 0 bridgehead atoms. The molecule has 3 amide bonds. The maximum atomic E-state index is 12.3. The molecule has 0 N–H and O–H groups in total. The minimum absolute atomic E-state index is 0.00183. The lowest BCUT2D eigenvalue weighted by Crippen LogP contribution is -2.32. The highest BCUT2D eigenvalue weighted by molar-refractivity contribution is 6.12. The maximum absolute atomic E-state index is 12.3. The van der Waals surface area contributed by atoms with Crippen molar-refractivity contribution in [1.29, 1.82) is 0 Å². The predicted octanol–water partition coefficient (Wildman–Crippen LogP) is 1.35. The lowest BCUT2D eigenvalue weighted by Gasteiger charge is -2.15. The Hall–Kier alpha value is -2.70. The van der Waals surface area contributed by atoms with Gasteiger partial charge in [0.2, 0.25) is 5.89 Å². The van der Waals surface area contributed by atoms with Gasteiger partial charge in [0.25, 0.3) is 5.91 Å². The Morgan fingerprint density at radius 3 is 2.65 bits per heavy atom. The molecule has 2 aromatic rings. The molecular formula is C13H12N4O3. The van der Waals surface area contributed by atoms with Gasteiger partial charge in [-0.25, -0.2) is 4.79 Å². The van der Waals surface area contributed by atoms with Crippen molar-refractivity contribution in [3.63, 3.8) is 0 Å². The van der Waals surface area contributed by atoms with Gasteiger partial charge in [-0.05, 0) is 19.1 Å². The van der Waals surface area contributed by atoms with Crippen LogP contribution in [0.3, 0.4) is 0 Å². The van der Waals surface area contributed by atoms with E-state index in [1.54, 1.807) is 19.1 Å². The van der Waals surface area contributed by atoms with E-state index in [4.69, 9.17) is 4.52 Å². The summed E-state index contributed by atoms with van der Waals surface area (Å²) >= 11 is 0. The summed E-state index contributed by atoms with van der Waals surface area (Å²) in [4.78, 5) is 30.8. The van der Waals surface area contributed by atoms with E-state index in [0.29, 0.717) is 11.5 Å². The monoisotopic (exact) mass is 272 g/mol. The molecule has 1 aliphatic rings. The number of urea groups is 1. The molecule has 0 spiro atoms. The third kappa shape index (κ3) is 2.13. The summed E-state index contributed by atoms with van der Waals surface area (Å²) in [6.45, 7) is 1.70. The lowest BCUT2D eigenvalue weighted by atomic mass is 10.3. The molecule has 102 valence electrons. The SMILES string of the molecule is Cc1noc(CN2C(=O)CN(c3ccccc3)C2=O)n1. The number of anilines is 1. The summed E-state index contributed by atoms with van der Waals surface area (Å²) in [5.74, 6) is 0.438. The summed E-state index contributed by atoms with van der Waals surface area (Å²) in [6.07, 6.45) is 0. The molecule has 0 saturated carbocycles. The highest BCUT2D eigenvalue weighted by Gasteiger charge is 2.37. The van der Waals surface area contributed by atoms with Crippen LogP contribution in [0.5, 0.6) is 0 Å². The summed E-state index contributed by atoms with van der Waals surface area (Å²) in [5.41, 5.74) is 0.690. The van der Waals surface area contributed by atoms with Gasteiger partial charge in [0.1, 0.15) is 13.1 Å². The quantitative estimate of drug-likeness (QED) is 0.788. The van der Waals surface area contributed by atoms with E-state index >= 15 is 0 Å². The van der Waals surface area contributed by atoms with E-state index in [1.165, 1.54) is 4.90 Å². The predicted molar refractivity (Wildman–Crippen MR) is 68.8 cm³/mol. The normalized spacial score (nSPS) is 15.2. The molecule has 3 rings (SSSR count). The molecule has 1 aliphatic heterocycles. The first-order valence-corrected chi connectivity index (χ1v) is 6.11. The van der Waals surface area contributed by atoms with Crippen molar-refractivity contribution in [2.75, 3.05) is 11.4 Å². The zero-order chi connectivity index (χ0) is 14.1. The van der Waals surface area contributed by atoms with Crippen LogP contribution < -0.4 is 4.90 Å². The Bertz CT molecular complexity index is 653. The van der Waals surface area contributed by atoms with Crippen LogP contribution in [-0.4, -0.2) is 33.5 Å². The van der Waals surface area contributed by atoms with E-state index in [1.807, 2.05) is 18.2 Å². The molecule has 7 nitrogen and oxygen atoms in total. The van der Waals surface area contributed by atoms with E-state index in [9.17, 15) is 9.59 Å². The minimum Gasteiger partial charge on any atom is -0.337 e. The molecule has 20 heavy (non-hydrogen) atoms. The number of aromatic nitrogens is 2. The van der Waals surface area contributed by atoms with Gasteiger partial charge in [0.15, 0.2) is 5.82 Å². The molecule has 0 aliphatic carbocycles. The summed E-state index contributed by atoms with van der Waals surface area (Å²) < 4.78 is 4.94. The summed E-state index contributed by atoms with van der Waals surface area (Å²) in [7, 11) is 0. The second kappa shape index (κ2) is 4.76. The Labute approximate surface area is 114 Å². The van der Waals surface area contributed by atoms with Crippen LogP contribution in [0, 0.1) is 6.92 Å². The molecule has 1 aromatic carbocycles. The van der Waals surface area contributed by atoms with Crippen molar-refractivity contribution in [2.45, 2.75) is 13.5 Å². The number of carbonyl (C=O) groups is 2. The number of hydrogen-bond donors (Lipinski definition) is 0. The van der Waals surface area contributed by atoms with Crippen LogP contribution in [0.25, 0.3) is 0 Å². The van der Waals surface area contributed by atoms with Crippen LogP contribution in [0.15, 0.2) is 34.9 Å². The lowest BCUT2D eigenvalue weighted by molar-refractivity contribution is -0.125. The summed E-state index contributed by atoms with van der Waals surface area (Å²) in [6, 6.07) is 8.67. The molecular weight excluding hydrogens is 260 g/mol. The average Bonchev–Trinajstić information content (AvgIpc) is 2.98. The highest BCUT2D eigenvalue weighted by atomic mass is 16.5. The average molecular weight is 272 g/mol. The maximum Gasteiger partial charge on any atom is 0.332 e. The van der Waals surface area contributed by atoms with Crippen molar-refractivity contribution < 1.29 is 14.1 Å². The number of amides is 3. The van der Waals surface area contributed by atoms with Gasteiger partial charge in [0, 0.05) is 5.69 Å². The van der Waals surface area contributed by atoms with Gasteiger partial charge in [-0.15, -0.1) is 0 Å². The molecule has 1 fully saturated rings. The van der Waals surface area contributed by atoms with Crippen LogP contribution in [0.2, 0.25) is 0 Å².